The maximum absolute atomic E-state index is 14.4. The highest BCUT2D eigenvalue weighted by atomic mass is 19.1. The average molecular weight is 500 g/mol. The molecular formula is C28H35F2N3O3. The third kappa shape index (κ3) is 5.44. The summed E-state index contributed by atoms with van der Waals surface area (Å²) in [5, 5.41) is 9.76. The van der Waals surface area contributed by atoms with Gasteiger partial charge in [-0.1, -0.05) is 18.2 Å². The first kappa shape index (κ1) is 26.2. The molecule has 2 heterocycles. The van der Waals surface area contributed by atoms with Gasteiger partial charge in [0.05, 0.1) is 18.6 Å². The molecule has 3 N–H and O–H groups in total. The fourth-order valence-electron chi connectivity index (χ4n) is 5.72. The van der Waals surface area contributed by atoms with Crippen molar-refractivity contribution in [3.63, 3.8) is 0 Å². The van der Waals surface area contributed by atoms with Gasteiger partial charge in [0.15, 0.2) is 0 Å². The monoisotopic (exact) mass is 499 g/mol. The van der Waals surface area contributed by atoms with Crippen molar-refractivity contribution in [3.05, 3.63) is 70.8 Å². The quantitative estimate of drug-likeness (QED) is 0.549. The number of amides is 2. The minimum Gasteiger partial charge on any atom is -0.395 e. The predicted molar refractivity (Wildman–Crippen MR) is 133 cm³/mol. The van der Waals surface area contributed by atoms with Gasteiger partial charge in [-0.2, -0.15) is 0 Å². The van der Waals surface area contributed by atoms with Crippen molar-refractivity contribution in [1.82, 2.24) is 9.80 Å². The van der Waals surface area contributed by atoms with Gasteiger partial charge in [-0.15, -0.1) is 0 Å². The summed E-state index contributed by atoms with van der Waals surface area (Å²) in [7, 11) is 0. The Bertz CT molecular complexity index is 1090. The summed E-state index contributed by atoms with van der Waals surface area (Å²) in [4.78, 5) is 28.8. The highest BCUT2D eigenvalue weighted by molar-refractivity contribution is 5.92. The zero-order chi connectivity index (χ0) is 26.0. The second-order valence-electron chi connectivity index (χ2n) is 10.7. The minimum absolute atomic E-state index is 0.143. The summed E-state index contributed by atoms with van der Waals surface area (Å²) in [6, 6.07) is 11.9. The Morgan fingerprint density at radius 3 is 2.28 bits per heavy atom. The lowest BCUT2D eigenvalue weighted by Gasteiger charge is -2.41. The first-order valence-electron chi connectivity index (χ1n) is 12.6. The highest BCUT2D eigenvalue weighted by Crippen LogP contribution is 2.43. The predicted octanol–water partition coefficient (Wildman–Crippen LogP) is 3.82. The van der Waals surface area contributed by atoms with Gasteiger partial charge in [0.25, 0.3) is 0 Å². The van der Waals surface area contributed by atoms with E-state index in [0.717, 1.165) is 31.2 Å². The molecule has 36 heavy (non-hydrogen) atoms. The van der Waals surface area contributed by atoms with Crippen molar-refractivity contribution in [2.24, 2.45) is 11.1 Å². The van der Waals surface area contributed by atoms with E-state index in [1.807, 2.05) is 18.2 Å². The van der Waals surface area contributed by atoms with E-state index < -0.39 is 23.0 Å². The van der Waals surface area contributed by atoms with Crippen molar-refractivity contribution < 1.29 is 23.5 Å². The number of hydrogen-bond acceptors (Lipinski definition) is 4. The topological polar surface area (TPSA) is 86.9 Å². The first-order valence-corrected chi connectivity index (χ1v) is 12.6. The number of aliphatic hydroxyl groups is 1. The van der Waals surface area contributed by atoms with Crippen LogP contribution in [0.4, 0.5) is 8.78 Å². The van der Waals surface area contributed by atoms with E-state index >= 15 is 0 Å². The molecule has 2 fully saturated rings. The molecule has 4 rings (SSSR count). The summed E-state index contributed by atoms with van der Waals surface area (Å²) in [5.74, 6) is -1.81. The number of halogens is 2. The highest BCUT2D eigenvalue weighted by Gasteiger charge is 2.41. The second kappa shape index (κ2) is 10.6. The Labute approximate surface area is 211 Å². The van der Waals surface area contributed by atoms with Gasteiger partial charge in [0.1, 0.15) is 11.6 Å². The Kier molecular flexibility index (Phi) is 7.76. The molecule has 2 saturated heterocycles. The van der Waals surface area contributed by atoms with Crippen molar-refractivity contribution in [1.29, 1.82) is 0 Å². The summed E-state index contributed by atoms with van der Waals surface area (Å²) in [6.07, 6.45) is 3.98. The number of aliphatic hydroxyl groups excluding tert-OH is 1. The number of piperidine rings is 1. The number of rotatable bonds is 9. The molecule has 2 aromatic rings. The summed E-state index contributed by atoms with van der Waals surface area (Å²) in [5.41, 5.74) is 5.91. The van der Waals surface area contributed by atoms with Gasteiger partial charge in [-0.25, -0.2) is 8.78 Å². The fourth-order valence-corrected chi connectivity index (χ4v) is 5.72. The molecule has 0 saturated carbocycles. The smallest absolute Gasteiger partial charge is 0.248 e. The number of fused-ring (bicyclic) bond motifs is 2. The largest absolute Gasteiger partial charge is 0.395 e. The molecule has 2 aliphatic rings. The van der Waals surface area contributed by atoms with Gasteiger partial charge < -0.3 is 15.7 Å². The van der Waals surface area contributed by atoms with Crippen molar-refractivity contribution in [2.75, 3.05) is 19.7 Å². The first-order chi connectivity index (χ1) is 17.1. The number of carbonyl (C=O) groups excluding carboxylic acids is 2. The standard InChI is InChI=1S/C28H35F2N3O3/c1-28(2,17-34)27(36)32(16-23-24(29)7-4-8-25(23)30)11-12-33-21-9-10-22(33)15-20(14-21)18-5-3-6-19(13-18)26(31)35/h3-8,13,20-22,34H,9-12,14-17H2,1-2H3,(H2,31,35). The molecule has 2 aromatic carbocycles. The summed E-state index contributed by atoms with van der Waals surface area (Å²) >= 11 is 0. The maximum Gasteiger partial charge on any atom is 0.248 e. The van der Waals surface area contributed by atoms with E-state index in [4.69, 9.17) is 5.73 Å². The molecule has 2 amide bonds. The molecule has 0 aliphatic carbocycles. The van der Waals surface area contributed by atoms with Crippen molar-refractivity contribution in [2.45, 2.75) is 64.1 Å². The Morgan fingerprint density at radius 2 is 1.69 bits per heavy atom. The zero-order valence-corrected chi connectivity index (χ0v) is 20.9. The van der Waals surface area contributed by atoms with E-state index in [0.29, 0.717) is 36.7 Å². The maximum atomic E-state index is 14.4. The molecule has 2 bridgehead atoms. The fraction of sp³-hybridized carbons (Fsp3) is 0.500. The molecular weight excluding hydrogens is 464 g/mol. The molecule has 0 aromatic heterocycles. The van der Waals surface area contributed by atoms with Crippen LogP contribution in [-0.4, -0.2) is 58.5 Å². The molecule has 0 spiro atoms. The van der Waals surface area contributed by atoms with Crippen LogP contribution in [0.5, 0.6) is 0 Å². The third-order valence-corrected chi connectivity index (χ3v) is 7.83. The van der Waals surface area contributed by atoms with Crippen LogP contribution in [-0.2, 0) is 11.3 Å². The van der Waals surface area contributed by atoms with E-state index in [9.17, 15) is 23.5 Å². The number of nitrogens with zero attached hydrogens (tertiary/aromatic N) is 2. The number of carbonyl (C=O) groups is 2. The molecule has 8 heteroatoms. The second-order valence-corrected chi connectivity index (χ2v) is 10.7. The molecule has 2 atom stereocenters. The third-order valence-electron chi connectivity index (χ3n) is 7.83. The van der Waals surface area contributed by atoms with E-state index in [-0.39, 0.29) is 24.6 Å². The van der Waals surface area contributed by atoms with Gasteiger partial charge in [0, 0.05) is 36.3 Å². The number of nitrogens with two attached hydrogens (primary N) is 1. The van der Waals surface area contributed by atoms with Gasteiger partial charge in [-0.3, -0.25) is 14.5 Å². The zero-order valence-electron chi connectivity index (χ0n) is 20.9. The normalized spacial score (nSPS) is 22.0. The number of primary amides is 1. The van der Waals surface area contributed by atoms with Gasteiger partial charge in [-0.05, 0) is 75.3 Å². The van der Waals surface area contributed by atoms with Crippen LogP contribution in [0.15, 0.2) is 42.5 Å². The SMILES string of the molecule is CC(C)(CO)C(=O)N(CCN1C2CCC1CC(c1cccc(C(N)=O)c1)C2)Cc1c(F)cccc1F. The van der Waals surface area contributed by atoms with Crippen LogP contribution >= 0.6 is 0 Å². The van der Waals surface area contributed by atoms with Crippen molar-refractivity contribution >= 4 is 11.8 Å². The Hall–Kier alpha value is -2.84. The van der Waals surface area contributed by atoms with E-state index in [1.54, 1.807) is 19.9 Å². The van der Waals surface area contributed by atoms with Crippen LogP contribution in [0.2, 0.25) is 0 Å². The Morgan fingerprint density at radius 1 is 1.08 bits per heavy atom. The molecule has 2 unspecified atom stereocenters. The van der Waals surface area contributed by atoms with Crippen LogP contribution in [0, 0.1) is 17.0 Å². The molecule has 6 nitrogen and oxygen atoms in total. The van der Waals surface area contributed by atoms with Crippen molar-refractivity contribution in [3.8, 4) is 0 Å². The number of hydrogen-bond donors (Lipinski definition) is 2. The van der Waals surface area contributed by atoms with Gasteiger partial charge >= 0.3 is 0 Å². The summed E-state index contributed by atoms with van der Waals surface area (Å²) < 4.78 is 28.8. The van der Waals surface area contributed by atoms with E-state index in [2.05, 4.69) is 4.90 Å². The van der Waals surface area contributed by atoms with Gasteiger partial charge in [0.2, 0.25) is 11.8 Å². The minimum atomic E-state index is -1.06. The van der Waals surface area contributed by atoms with Crippen LogP contribution in [0.25, 0.3) is 0 Å². The molecule has 0 radical (unpaired) electrons. The average Bonchev–Trinajstić information content (AvgIpc) is 3.09. The lowest BCUT2D eigenvalue weighted by Crippen LogP contribution is -2.49. The van der Waals surface area contributed by atoms with Crippen LogP contribution < -0.4 is 5.73 Å². The number of benzene rings is 2. The summed E-state index contributed by atoms with van der Waals surface area (Å²) in [6.45, 7) is 3.62. The van der Waals surface area contributed by atoms with Crippen LogP contribution in [0.3, 0.4) is 0 Å². The molecule has 2 aliphatic heterocycles. The lowest BCUT2D eigenvalue weighted by atomic mass is 9.84. The Balaban J connectivity index is 1.48. The van der Waals surface area contributed by atoms with E-state index in [1.165, 1.54) is 23.1 Å². The van der Waals surface area contributed by atoms with Crippen LogP contribution in [0.1, 0.15) is 66.9 Å². The molecule has 194 valence electrons. The lowest BCUT2D eigenvalue weighted by molar-refractivity contribution is -0.143.